The van der Waals surface area contributed by atoms with Crippen LogP contribution in [0.5, 0.6) is 0 Å². The van der Waals surface area contributed by atoms with E-state index in [4.69, 9.17) is 28.0 Å². The van der Waals surface area contributed by atoms with Gasteiger partial charge in [-0.2, -0.15) is 0 Å². The van der Waals surface area contributed by atoms with Gasteiger partial charge in [-0.1, -0.05) is 154 Å². The Morgan fingerprint density at radius 1 is 0.440 bits per heavy atom. The van der Waals surface area contributed by atoms with Crippen molar-refractivity contribution in [2.24, 2.45) is 76.2 Å². The van der Waals surface area contributed by atoms with E-state index in [0.717, 1.165) is 119 Å². The number of nitrogens with one attached hydrogen (secondary N) is 3. The van der Waals surface area contributed by atoms with E-state index in [1.54, 1.807) is 35.6 Å². The summed E-state index contributed by atoms with van der Waals surface area (Å²) in [6, 6.07) is 4.21. The van der Waals surface area contributed by atoms with Gasteiger partial charge in [-0.25, -0.2) is 0 Å². The Morgan fingerprint density at radius 3 is 1.18 bits per heavy atom. The number of Topliss-reactive ketones (excluding diaryl/α,β-unsaturated/α-hetero) is 6. The molecule has 10 atom stereocenters. The number of nitrogens with two attached hydrogens (primary N) is 4. The van der Waals surface area contributed by atoms with Crippen LogP contribution in [0.25, 0.3) is 10.9 Å². The molecule has 1 aromatic heterocycles. The summed E-state index contributed by atoms with van der Waals surface area (Å²) in [5.74, 6) is 0.603. The molecule has 25 nitrogen and oxygen atoms in total. The number of aromatic nitrogens is 1. The number of benzene rings is 1. The molecule has 1 aromatic carbocycles. The number of aliphatic carboxylic acids is 1. The Labute approximate surface area is 651 Å². The lowest BCUT2D eigenvalue weighted by Crippen LogP contribution is -2.53. The van der Waals surface area contributed by atoms with E-state index in [9.17, 15) is 57.5 Å². The molecule has 0 radical (unpaired) electrons. The Morgan fingerprint density at radius 2 is 0.807 bits per heavy atom. The lowest BCUT2D eigenvalue weighted by atomic mass is 9.83. The average Bonchev–Trinajstić information content (AvgIpc) is 1.74. The molecule has 109 heavy (non-hydrogen) atoms. The minimum absolute atomic E-state index is 0.00566. The molecule has 2 aromatic rings. The highest BCUT2D eigenvalue weighted by molar-refractivity contribution is 5.96. The van der Waals surface area contributed by atoms with Crippen molar-refractivity contribution in [3.05, 3.63) is 36.0 Å². The van der Waals surface area contributed by atoms with Gasteiger partial charge in [-0.15, -0.1) is 0 Å². The number of likely N-dealkylation sites (N-methyl/N-ethyl adjacent to an activating group) is 2. The first-order valence-electron chi connectivity index (χ1n) is 41.3. The number of para-hydroxylation sites is 1. The van der Waals surface area contributed by atoms with E-state index >= 15 is 0 Å². The number of carbonyl (C=O) groups excluding carboxylic acids is 11. The van der Waals surface area contributed by atoms with Crippen LogP contribution in [0.1, 0.15) is 244 Å². The van der Waals surface area contributed by atoms with Crippen molar-refractivity contribution in [3.63, 3.8) is 0 Å². The van der Waals surface area contributed by atoms with Gasteiger partial charge in [0.2, 0.25) is 29.5 Å². The summed E-state index contributed by atoms with van der Waals surface area (Å²) in [4.78, 5) is 156. The second-order valence-corrected chi connectivity index (χ2v) is 33.6. The first kappa shape index (κ1) is 94.7. The van der Waals surface area contributed by atoms with Crippen LogP contribution in [-0.4, -0.2) is 219 Å². The van der Waals surface area contributed by atoms with Gasteiger partial charge in [0.1, 0.15) is 0 Å². The van der Waals surface area contributed by atoms with Crippen LogP contribution in [0.15, 0.2) is 30.5 Å². The molecule has 7 aliphatic rings. The lowest BCUT2D eigenvalue weighted by molar-refractivity contribution is -0.144. The van der Waals surface area contributed by atoms with Gasteiger partial charge in [0.25, 0.3) is 0 Å². The number of hydrogen-bond acceptors (Lipinski definition) is 18. The number of hydrogen-bond donors (Lipinski definition) is 8. The minimum Gasteiger partial charge on any atom is -0.481 e. The summed E-state index contributed by atoms with van der Waals surface area (Å²) in [5, 5.41) is 15.8. The Balaban J connectivity index is 0.000000280. The fraction of sp³-hybridized carbons (Fsp3) is 0.762. The third kappa shape index (κ3) is 28.2. The maximum atomic E-state index is 12.9. The van der Waals surface area contributed by atoms with E-state index in [2.05, 4.69) is 29.5 Å². The Hall–Kier alpha value is -6.64. The molecule has 6 heterocycles. The van der Waals surface area contributed by atoms with Gasteiger partial charge in [0.05, 0.1) is 73.4 Å². The standard InChI is InChI=1S/C19H25N3O2.C17H30N2O2.C16H28N2O2.C12H20N2O4.C11H20N2O2.C9H19NO/c1-12(2)18(23)17-8-5-9-22(17)19(24)15(20)10-13-11-21-16-7-4-3-6-14(13)16;1-12(2)16(20)14-10-7-11-19(14)17(21)15(18-3)13-8-5-4-6-9-13;1-11(2)15(19)13-9-6-10-18(13)16(20)14(17)12-7-4-3-5-8-12;1-7(2)11(17)9-4-3-5-14(9)12(18)8(13)6-10(15)16;1-8(2)11(15)9-5-4-6-13(9)10(14)7-12-3;1-6(2)5-8(10)9(11)7(3)4/h3-4,6-7,11-12,15,17,21H,5,8-10,20H2,1-2H3;12-15,18H,4-11H2,1-3H3;11-14H,3-10,17H2,1-2H3;7-9H,3-6,13H2,1-2H3,(H,15,16);8-9,12H,4-7H2,1-3H3;6-8H,5,10H2,1-4H3/t15-,17-;14-,15-;13-,14-;8-,9-;9-;/m00000./s1. The Bertz CT molecular complexity index is 3260. The van der Waals surface area contributed by atoms with Crippen molar-refractivity contribution < 1.29 is 62.6 Å². The molecule has 9 rings (SSSR count). The SMILES string of the molecule is CC(C)C(=O)[C@@H]1CCCN1C(=O)[C@@H](N)C1CCCCC1.CC(C)C(=O)[C@@H]1CCCN1C(=O)[C@@H](N)CC(=O)O.CC(C)C(=O)[C@@H]1CCCN1C(=O)[C@@H](N)Cc1c[nH]c2ccccc12.CC(C)CC(N)C(=O)C(C)C.CNCC(=O)N1CCC[C@H]1C(=O)C(C)C.CN[C@H](C(=O)N1CCC[C@H]1C(=O)C(C)C)C1CCCCC1. The highest BCUT2D eigenvalue weighted by Gasteiger charge is 2.43. The number of H-pyrrole nitrogens is 1. The number of carboxylic acids is 1. The number of ketones is 6. The van der Waals surface area contributed by atoms with Crippen molar-refractivity contribution in [2.45, 2.75) is 305 Å². The summed E-state index contributed by atoms with van der Waals surface area (Å²) < 4.78 is 0. The molecular formula is C84H142N12O13. The van der Waals surface area contributed by atoms with Crippen molar-refractivity contribution in [1.82, 2.24) is 40.1 Å². The Kier molecular flexibility index (Phi) is 40.9. The molecular weight excluding hydrogens is 1380 g/mol. The number of carboxylic acid groups (broad SMARTS) is 1. The highest BCUT2D eigenvalue weighted by Crippen LogP contribution is 2.33. The zero-order valence-corrected chi connectivity index (χ0v) is 69.3. The second kappa shape index (κ2) is 47.0. The number of nitrogens with zero attached hydrogens (tertiary/aromatic N) is 5. The predicted molar refractivity (Wildman–Crippen MR) is 428 cm³/mol. The molecule has 25 heteroatoms. The number of aromatic amines is 1. The van der Waals surface area contributed by atoms with E-state index in [0.29, 0.717) is 56.8 Å². The lowest BCUT2D eigenvalue weighted by Gasteiger charge is -2.34. The monoisotopic (exact) mass is 1530 g/mol. The van der Waals surface area contributed by atoms with Crippen molar-refractivity contribution in [1.29, 1.82) is 0 Å². The molecule has 2 aliphatic carbocycles. The molecule has 5 saturated heterocycles. The summed E-state index contributed by atoms with van der Waals surface area (Å²) in [6.07, 6.45) is 22.8. The van der Waals surface area contributed by atoms with Crippen LogP contribution < -0.4 is 33.6 Å². The molecule has 12 N–H and O–H groups in total. The predicted octanol–water partition coefficient (Wildman–Crippen LogP) is 8.75. The van der Waals surface area contributed by atoms with Crippen molar-refractivity contribution >= 4 is 81.1 Å². The molecule has 5 aliphatic heterocycles. The normalized spacial score (nSPS) is 21.7. The van der Waals surface area contributed by atoms with Crippen molar-refractivity contribution in [2.75, 3.05) is 53.4 Å². The van der Waals surface area contributed by atoms with Crippen LogP contribution in [0.2, 0.25) is 0 Å². The van der Waals surface area contributed by atoms with Gasteiger partial charge >= 0.3 is 5.97 Å². The average molecular weight is 1530 g/mol. The largest absolute Gasteiger partial charge is 0.481 e. The zero-order chi connectivity index (χ0) is 81.7. The van der Waals surface area contributed by atoms with E-state index in [1.807, 2.05) is 112 Å². The third-order valence-electron chi connectivity index (χ3n) is 22.5. The van der Waals surface area contributed by atoms with E-state index in [1.165, 1.54) is 43.4 Å². The zero-order valence-electron chi connectivity index (χ0n) is 69.3. The smallest absolute Gasteiger partial charge is 0.305 e. The van der Waals surface area contributed by atoms with Crippen LogP contribution in [0.3, 0.4) is 0 Å². The molecule has 0 bridgehead atoms. The molecule has 5 amide bonds. The third-order valence-corrected chi connectivity index (χ3v) is 22.5. The molecule has 0 spiro atoms. The summed E-state index contributed by atoms with van der Waals surface area (Å²) in [5.41, 5.74) is 25.7. The quantitative estimate of drug-likeness (QED) is 0.0414. The molecule has 2 saturated carbocycles. The first-order valence-corrected chi connectivity index (χ1v) is 41.3. The van der Waals surface area contributed by atoms with Crippen LogP contribution in [0.4, 0.5) is 0 Å². The maximum Gasteiger partial charge on any atom is 0.305 e. The van der Waals surface area contributed by atoms with Gasteiger partial charge in [-0.05, 0) is 146 Å². The molecule has 7 fully saturated rings. The van der Waals surface area contributed by atoms with Crippen LogP contribution in [0, 0.1) is 53.3 Å². The maximum absolute atomic E-state index is 12.9. The number of carbonyl (C=O) groups is 12. The number of amides is 5. The van der Waals surface area contributed by atoms with Gasteiger partial charge < -0.3 is 68.2 Å². The van der Waals surface area contributed by atoms with E-state index in [-0.39, 0.29) is 130 Å². The van der Waals surface area contributed by atoms with Crippen LogP contribution >= 0.6 is 0 Å². The first-order chi connectivity index (χ1) is 51.4. The van der Waals surface area contributed by atoms with Gasteiger partial charge in [-0.3, -0.25) is 57.5 Å². The topological polar surface area (TPSA) is 385 Å². The number of rotatable bonds is 27. The number of fused-ring (bicyclic) bond motifs is 1. The van der Waals surface area contributed by atoms with Gasteiger partial charge in [0, 0.05) is 85.3 Å². The fourth-order valence-corrected chi connectivity index (χ4v) is 16.3. The van der Waals surface area contributed by atoms with Gasteiger partial charge in [0.15, 0.2) is 34.7 Å². The van der Waals surface area contributed by atoms with Crippen LogP contribution in [-0.2, 0) is 64.0 Å². The number of likely N-dealkylation sites (tertiary alicyclic amines) is 5. The van der Waals surface area contributed by atoms with Crippen molar-refractivity contribution in [3.8, 4) is 0 Å². The highest BCUT2D eigenvalue weighted by atomic mass is 16.4. The minimum atomic E-state index is -1.11. The van der Waals surface area contributed by atoms with E-state index < -0.39 is 42.5 Å². The fourth-order valence-electron chi connectivity index (χ4n) is 16.3. The summed E-state index contributed by atoms with van der Waals surface area (Å²) in [7, 11) is 3.62. The second-order valence-electron chi connectivity index (χ2n) is 33.6. The summed E-state index contributed by atoms with van der Waals surface area (Å²) >= 11 is 0. The molecule has 1 unspecified atom stereocenters. The summed E-state index contributed by atoms with van der Waals surface area (Å²) in [6.45, 7) is 30.3. The molecule has 616 valence electrons.